The van der Waals surface area contributed by atoms with Crippen molar-refractivity contribution >= 4 is 28.5 Å². The van der Waals surface area contributed by atoms with Gasteiger partial charge in [-0.1, -0.05) is 0 Å². The molecule has 2 rings (SSSR count). The average molecular weight is 281 g/mol. The molecule has 102 valence electrons. The number of hydrogen-bond acceptors (Lipinski definition) is 3. The lowest BCUT2D eigenvalue weighted by Gasteiger charge is -2.16. The van der Waals surface area contributed by atoms with Gasteiger partial charge in [0.2, 0.25) is 5.91 Å². The van der Waals surface area contributed by atoms with Crippen LogP contribution in [0.25, 0.3) is 11.0 Å². The number of aryl methyl sites for hydroxylation is 1. The van der Waals surface area contributed by atoms with E-state index in [2.05, 4.69) is 9.97 Å². The number of halogens is 1. The van der Waals surface area contributed by atoms with E-state index >= 15 is 0 Å². The molecule has 0 fully saturated rings. The molecule has 2 aromatic heterocycles. The van der Waals surface area contributed by atoms with Crippen molar-refractivity contribution in [2.75, 3.05) is 19.5 Å². The number of amides is 1. The summed E-state index contributed by atoms with van der Waals surface area (Å²) in [6.07, 6.45) is 4.05. The molecule has 0 radical (unpaired) electrons. The van der Waals surface area contributed by atoms with Gasteiger partial charge < -0.3 is 9.47 Å². The monoisotopic (exact) mass is 280 g/mol. The summed E-state index contributed by atoms with van der Waals surface area (Å²) in [5.41, 5.74) is 1.72. The maximum absolute atomic E-state index is 12.1. The summed E-state index contributed by atoms with van der Waals surface area (Å²) in [6, 6.07) is 1.87. The fraction of sp³-hybridized carbons (Fsp3) is 0.462. The van der Waals surface area contributed by atoms with Crippen LogP contribution in [0.5, 0.6) is 0 Å². The zero-order valence-electron chi connectivity index (χ0n) is 11.1. The summed E-state index contributed by atoms with van der Waals surface area (Å²) in [4.78, 5) is 22.3. The minimum Gasteiger partial charge on any atom is -0.344 e. The van der Waals surface area contributed by atoms with Crippen molar-refractivity contribution in [3.63, 3.8) is 0 Å². The number of aromatic nitrogens is 3. The van der Waals surface area contributed by atoms with Crippen LogP contribution in [0, 0.1) is 0 Å². The minimum absolute atomic E-state index is 0.0643. The number of rotatable bonds is 5. The second-order valence-electron chi connectivity index (χ2n) is 4.33. The van der Waals surface area contributed by atoms with Gasteiger partial charge in [0.15, 0.2) is 0 Å². The first kappa shape index (κ1) is 13.8. The highest BCUT2D eigenvalue weighted by molar-refractivity contribution is 6.17. The SMILES string of the molecule is CCN(C)C(=O)Cn1c(CCCl)nc2cnccc21. The molecule has 0 saturated carbocycles. The van der Waals surface area contributed by atoms with Gasteiger partial charge in [0.25, 0.3) is 0 Å². The Balaban J connectivity index is 2.38. The summed E-state index contributed by atoms with van der Waals surface area (Å²) < 4.78 is 1.92. The molecule has 1 amide bonds. The number of alkyl halides is 1. The van der Waals surface area contributed by atoms with Gasteiger partial charge in [0.05, 0.1) is 11.7 Å². The molecule has 19 heavy (non-hydrogen) atoms. The molecule has 0 unspecified atom stereocenters. The Morgan fingerprint density at radius 2 is 2.32 bits per heavy atom. The van der Waals surface area contributed by atoms with E-state index in [1.807, 2.05) is 17.6 Å². The van der Waals surface area contributed by atoms with E-state index in [-0.39, 0.29) is 12.5 Å². The highest BCUT2D eigenvalue weighted by Crippen LogP contribution is 2.16. The van der Waals surface area contributed by atoms with Crippen molar-refractivity contribution in [2.45, 2.75) is 19.9 Å². The first-order valence-corrected chi connectivity index (χ1v) is 6.79. The molecule has 0 aliphatic heterocycles. The van der Waals surface area contributed by atoms with Crippen LogP contribution in [-0.4, -0.2) is 44.8 Å². The van der Waals surface area contributed by atoms with Gasteiger partial charge in [-0.2, -0.15) is 0 Å². The zero-order chi connectivity index (χ0) is 13.8. The number of carbonyl (C=O) groups is 1. The third-order valence-electron chi connectivity index (χ3n) is 3.14. The summed E-state index contributed by atoms with van der Waals surface area (Å²) in [6.45, 7) is 2.93. The van der Waals surface area contributed by atoms with Gasteiger partial charge in [-0.3, -0.25) is 9.78 Å². The Hall–Kier alpha value is -1.62. The van der Waals surface area contributed by atoms with Gasteiger partial charge in [0, 0.05) is 32.1 Å². The molecule has 0 bridgehead atoms. The lowest BCUT2D eigenvalue weighted by molar-refractivity contribution is -0.130. The molecule has 0 aliphatic rings. The van der Waals surface area contributed by atoms with Crippen LogP contribution >= 0.6 is 11.6 Å². The fourth-order valence-electron chi connectivity index (χ4n) is 1.92. The van der Waals surface area contributed by atoms with Crippen molar-refractivity contribution in [3.8, 4) is 0 Å². The highest BCUT2D eigenvalue weighted by Gasteiger charge is 2.15. The molecule has 0 N–H and O–H groups in total. The molecule has 0 aromatic carbocycles. The third kappa shape index (κ3) is 2.87. The number of imidazole rings is 1. The van der Waals surface area contributed by atoms with E-state index in [0.717, 1.165) is 16.9 Å². The second kappa shape index (κ2) is 6.02. The van der Waals surface area contributed by atoms with E-state index < -0.39 is 0 Å². The van der Waals surface area contributed by atoms with Crippen LogP contribution in [0.15, 0.2) is 18.5 Å². The zero-order valence-corrected chi connectivity index (χ0v) is 11.9. The van der Waals surface area contributed by atoms with E-state index in [0.29, 0.717) is 18.8 Å². The molecule has 0 atom stereocenters. The van der Waals surface area contributed by atoms with Crippen LogP contribution < -0.4 is 0 Å². The van der Waals surface area contributed by atoms with Gasteiger partial charge in [-0.05, 0) is 13.0 Å². The molecule has 5 nitrogen and oxygen atoms in total. The van der Waals surface area contributed by atoms with Crippen LogP contribution in [0.2, 0.25) is 0 Å². The largest absolute Gasteiger partial charge is 0.344 e. The normalized spacial score (nSPS) is 10.9. The molecule has 0 saturated heterocycles. The predicted molar refractivity (Wildman–Crippen MR) is 75.3 cm³/mol. The number of pyridine rings is 1. The minimum atomic E-state index is 0.0643. The Morgan fingerprint density at radius 3 is 3.00 bits per heavy atom. The topological polar surface area (TPSA) is 51.0 Å². The highest BCUT2D eigenvalue weighted by atomic mass is 35.5. The number of nitrogens with zero attached hydrogens (tertiary/aromatic N) is 4. The van der Waals surface area contributed by atoms with Gasteiger partial charge in [-0.15, -0.1) is 11.6 Å². The number of fused-ring (bicyclic) bond motifs is 1. The van der Waals surface area contributed by atoms with Gasteiger partial charge >= 0.3 is 0 Å². The predicted octanol–water partition coefficient (Wildman–Crippen LogP) is 1.69. The molecular weight excluding hydrogens is 264 g/mol. The van der Waals surface area contributed by atoms with Crippen molar-refractivity contribution < 1.29 is 4.79 Å². The Morgan fingerprint density at radius 1 is 1.53 bits per heavy atom. The van der Waals surface area contributed by atoms with Crippen molar-refractivity contribution in [3.05, 3.63) is 24.3 Å². The smallest absolute Gasteiger partial charge is 0.242 e. The molecule has 0 spiro atoms. The van der Waals surface area contributed by atoms with Crippen molar-refractivity contribution in [1.82, 2.24) is 19.4 Å². The summed E-state index contributed by atoms with van der Waals surface area (Å²) in [5.74, 6) is 1.37. The number of carbonyl (C=O) groups excluding carboxylic acids is 1. The maximum atomic E-state index is 12.1. The summed E-state index contributed by atoms with van der Waals surface area (Å²) >= 11 is 5.80. The van der Waals surface area contributed by atoms with E-state index in [9.17, 15) is 4.79 Å². The van der Waals surface area contributed by atoms with Crippen LogP contribution in [0.4, 0.5) is 0 Å². The fourth-order valence-corrected chi connectivity index (χ4v) is 2.08. The standard InChI is InChI=1S/C13H17ClN4O/c1-3-17(2)13(19)9-18-11-5-7-15-8-10(11)16-12(18)4-6-14/h5,7-8H,3-4,6,9H2,1-2H3. The molecule has 2 heterocycles. The molecule has 0 aliphatic carbocycles. The quantitative estimate of drug-likeness (QED) is 0.783. The maximum Gasteiger partial charge on any atom is 0.242 e. The Labute approximate surface area is 117 Å². The molecule has 2 aromatic rings. The molecular formula is C13H17ClN4O. The van der Waals surface area contributed by atoms with E-state index in [1.54, 1.807) is 24.3 Å². The van der Waals surface area contributed by atoms with Crippen LogP contribution in [0.1, 0.15) is 12.7 Å². The average Bonchev–Trinajstić information content (AvgIpc) is 2.76. The first-order valence-electron chi connectivity index (χ1n) is 6.26. The lowest BCUT2D eigenvalue weighted by atomic mass is 10.4. The van der Waals surface area contributed by atoms with Crippen LogP contribution in [0.3, 0.4) is 0 Å². The van der Waals surface area contributed by atoms with Crippen LogP contribution in [-0.2, 0) is 17.8 Å². The second-order valence-corrected chi connectivity index (χ2v) is 4.70. The Bertz CT molecular complexity index is 581. The lowest BCUT2D eigenvalue weighted by Crippen LogP contribution is -2.30. The van der Waals surface area contributed by atoms with E-state index in [4.69, 9.17) is 11.6 Å². The first-order chi connectivity index (χ1) is 9.17. The van der Waals surface area contributed by atoms with Gasteiger partial charge in [-0.25, -0.2) is 4.98 Å². The Kier molecular flexibility index (Phi) is 4.37. The summed E-state index contributed by atoms with van der Waals surface area (Å²) in [7, 11) is 1.80. The van der Waals surface area contributed by atoms with Crippen molar-refractivity contribution in [1.29, 1.82) is 0 Å². The number of hydrogen-bond donors (Lipinski definition) is 0. The summed E-state index contributed by atoms with van der Waals surface area (Å²) in [5, 5.41) is 0. The van der Waals surface area contributed by atoms with Crippen molar-refractivity contribution in [2.24, 2.45) is 0 Å². The van der Waals surface area contributed by atoms with Gasteiger partial charge in [0.1, 0.15) is 17.9 Å². The number of likely N-dealkylation sites (N-methyl/N-ethyl adjacent to an activating group) is 1. The van der Waals surface area contributed by atoms with E-state index in [1.165, 1.54) is 0 Å². The third-order valence-corrected chi connectivity index (χ3v) is 3.33. The molecule has 6 heteroatoms.